The second-order valence-corrected chi connectivity index (χ2v) is 12.2. The minimum absolute atomic E-state index is 0. The van der Waals surface area contributed by atoms with Crippen molar-refractivity contribution in [3.8, 4) is 17.4 Å². The van der Waals surface area contributed by atoms with E-state index in [1.807, 2.05) is 60.7 Å². The zero-order valence-electron chi connectivity index (χ0n) is 27.7. The molecule has 9 nitrogen and oxygen atoms in total. The maximum atomic E-state index is 13.6. The normalized spacial score (nSPS) is 13.6. The number of hydrogen-bond donors (Lipinski definition) is 1. The number of alkyl halides is 3. The average Bonchev–Trinajstić information content (AvgIpc) is 3.41. The van der Waals surface area contributed by atoms with E-state index < -0.39 is 17.6 Å². The summed E-state index contributed by atoms with van der Waals surface area (Å²) in [7, 11) is 1.86. The van der Waals surface area contributed by atoms with Crippen molar-refractivity contribution in [1.29, 1.82) is 0 Å². The number of halogens is 4. The summed E-state index contributed by atoms with van der Waals surface area (Å²) < 4.78 is 52.0. The smallest absolute Gasteiger partial charge is 0.416 e. The number of hydrogen-bond acceptors (Lipinski definition) is 6. The van der Waals surface area contributed by atoms with Gasteiger partial charge < -0.3 is 24.3 Å². The van der Waals surface area contributed by atoms with E-state index in [1.165, 1.54) is 11.8 Å². The van der Waals surface area contributed by atoms with E-state index in [1.54, 1.807) is 18.2 Å². The van der Waals surface area contributed by atoms with Crippen molar-refractivity contribution in [2.24, 2.45) is 7.05 Å². The zero-order valence-corrected chi connectivity index (χ0v) is 29.5. The number of piperazine rings is 1. The number of anilines is 1. The first kappa shape index (κ1) is 36.4. The summed E-state index contributed by atoms with van der Waals surface area (Å²) in [4.78, 5) is 34.5. The maximum Gasteiger partial charge on any atom is 0.416 e. The van der Waals surface area contributed by atoms with Gasteiger partial charge in [0, 0.05) is 62.9 Å². The van der Waals surface area contributed by atoms with E-state index in [0.29, 0.717) is 30.2 Å². The molecule has 2 aromatic heterocycles. The van der Waals surface area contributed by atoms with Crippen LogP contribution in [0, 0.1) is 0 Å². The Hall–Kier alpha value is -4.88. The molecule has 3 aromatic carbocycles. The maximum absolute atomic E-state index is 13.6. The Labute approximate surface area is 298 Å². The van der Waals surface area contributed by atoms with Crippen LogP contribution in [0.25, 0.3) is 10.9 Å². The predicted octanol–water partition coefficient (Wildman–Crippen LogP) is 7.96. The lowest BCUT2D eigenvalue weighted by Gasteiger charge is -2.34. The average molecular weight is 753 g/mol. The number of carbonyl (C=O) groups excluding carboxylic acids is 2. The molecule has 0 atom stereocenters. The molecular weight excluding hydrogens is 715 g/mol. The van der Waals surface area contributed by atoms with E-state index in [9.17, 15) is 22.8 Å². The minimum atomic E-state index is -4.48. The SMILES string of the molecule is Br.CC(C)Oc1ccc(CN2CCN(C(=O)c3cc4ccc(Oc5ccc(NC(=O)c6ccc(C(F)(F)F)cc6)cn5)cc4n3C)CC2)cc1. The van der Waals surface area contributed by atoms with Crippen LogP contribution in [-0.2, 0) is 19.8 Å². The molecule has 0 bridgehead atoms. The zero-order chi connectivity index (χ0) is 34.7. The Bertz CT molecular complexity index is 1940. The molecule has 5 aromatic rings. The van der Waals surface area contributed by atoms with Crippen LogP contribution in [0.15, 0.2) is 91.1 Å². The Kier molecular flexibility index (Phi) is 11.2. The molecule has 0 saturated carbocycles. The Balaban J connectivity index is 0.00000486. The second kappa shape index (κ2) is 15.3. The monoisotopic (exact) mass is 751 g/mol. The summed E-state index contributed by atoms with van der Waals surface area (Å²) in [6.45, 7) is 7.66. The summed E-state index contributed by atoms with van der Waals surface area (Å²) in [6, 6.07) is 22.7. The molecule has 3 heterocycles. The minimum Gasteiger partial charge on any atom is -0.491 e. The van der Waals surface area contributed by atoms with Crippen LogP contribution in [0.1, 0.15) is 45.8 Å². The number of benzene rings is 3. The number of fused-ring (bicyclic) bond motifs is 1. The van der Waals surface area contributed by atoms with Crippen molar-refractivity contribution >= 4 is 45.4 Å². The van der Waals surface area contributed by atoms with Crippen molar-refractivity contribution < 1.29 is 32.2 Å². The number of amides is 2. The highest BCUT2D eigenvalue weighted by atomic mass is 79.9. The third kappa shape index (κ3) is 8.64. The van der Waals surface area contributed by atoms with E-state index in [0.717, 1.165) is 60.6 Å². The van der Waals surface area contributed by atoms with Crippen LogP contribution in [0.4, 0.5) is 18.9 Å². The molecule has 0 spiro atoms. The number of aromatic nitrogens is 2. The molecule has 0 unspecified atom stereocenters. The molecule has 1 fully saturated rings. The van der Waals surface area contributed by atoms with Crippen LogP contribution in [0.5, 0.6) is 17.4 Å². The Morgan fingerprint density at radius 2 is 1.56 bits per heavy atom. The summed E-state index contributed by atoms with van der Waals surface area (Å²) in [6.07, 6.45) is -2.95. The number of pyridine rings is 1. The van der Waals surface area contributed by atoms with Crippen molar-refractivity contribution in [3.63, 3.8) is 0 Å². The molecule has 1 saturated heterocycles. The number of carbonyl (C=O) groups is 2. The van der Waals surface area contributed by atoms with Crippen molar-refractivity contribution in [1.82, 2.24) is 19.4 Å². The van der Waals surface area contributed by atoms with Gasteiger partial charge >= 0.3 is 6.18 Å². The first-order valence-electron chi connectivity index (χ1n) is 15.9. The second-order valence-electron chi connectivity index (χ2n) is 12.2. The quantitative estimate of drug-likeness (QED) is 0.165. The van der Waals surface area contributed by atoms with Crippen molar-refractivity contribution in [2.45, 2.75) is 32.7 Å². The number of ether oxygens (including phenoxy) is 2. The molecule has 6 rings (SSSR count). The number of rotatable bonds is 9. The van der Waals surface area contributed by atoms with Crippen LogP contribution in [-0.4, -0.2) is 63.4 Å². The van der Waals surface area contributed by atoms with Gasteiger partial charge in [0.15, 0.2) is 0 Å². The van der Waals surface area contributed by atoms with E-state index in [-0.39, 0.29) is 40.4 Å². The van der Waals surface area contributed by atoms with Crippen molar-refractivity contribution in [3.05, 3.63) is 114 Å². The van der Waals surface area contributed by atoms with Crippen LogP contribution in [0.2, 0.25) is 0 Å². The van der Waals surface area contributed by atoms with Gasteiger partial charge in [-0.25, -0.2) is 4.98 Å². The van der Waals surface area contributed by atoms with Crippen LogP contribution < -0.4 is 14.8 Å². The van der Waals surface area contributed by atoms with Gasteiger partial charge in [-0.05, 0) is 80.1 Å². The molecule has 1 aliphatic rings. The molecule has 13 heteroatoms. The standard InChI is InChI=1S/C37H36F3N5O4.BrH/c1-24(2)48-30-12-4-25(5-13-30)23-44-16-18-45(19-17-44)36(47)33-20-27-8-14-31(21-32(27)43(33)3)49-34-15-11-29(22-41-34)42-35(46)26-6-9-28(10-7-26)37(38,39)40;/h4-15,20-22,24H,16-19,23H2,1-3H3,(H,42,46);1H. The van der Waals surface area contributed by atoms with Crippen LogP contribution >= 0.6 is 17.0 Å². The number of nitrogens with one attached hydrogen (secondary N) is 1. The summed E-state index contributed by atoms with van der Waals surface area (Å²) in [5.41, 5.74) is 2.22. The lowest BCUT2D eigenvalue weighted by Crippen LogP contribution is -2.48. The fourth-order valence-electron chi connectivity index (χ4n) is 5.70. The van der Waals surface area contributed by atoms with Gasteiger partial charge in [-0.1, -0.05) is 12.1 Å². The summed E-state index contributed by atoms with van der Waals surface area (Å²) in [5, 5.41) is 3.51. The molecular formula is C37H37BrF3N5O4. The lowest BCUT2D eigenvalue weighted by molar-refractivity contribution is -0.137. The number of aryl methyl sites for hydroxylation is 1. The van der Waals surface area contributed by atoms with Gasteiger partial charge in [0.2, 0.25) is 5.88 Å². The molecule has 1 aliphatic heterocycles. The summed E-state index contributed by atoms with van der Waals surface area (Å²) in [5.74, 6) is 1.06. The first-order chi connectivity index (χ1) is 23.4. The molecule has 0 radical (unpaired) electrons. The Morgan fingerprint density at radius 3 is 2.18 bits per heavy atom. The highest BCUT2D eigenvalue weighted by Crippen LogP contribution is 2.30. The topological polar surface area (TPSA) is 88.9 Å². The fraction of sp³-hybridized carbons (Fsp3) is 0.270. The Morgan fingerprint density at radius 1 is 0.880 bits per heavy atom. The molecule has 0 aliphatic carbocycles. The van der Waals surface area contributed by atoms with E-state index >= 15 is 0 Å². The van der Waals surface area contributed by atoms with Crippen LogP contribution in [0.3, 0.4) is 0 Å². The molecule has 1 N–H and O–H groups in total. The van der Waals surface area contributed by atoms with Gasteiger partial charge in [0.1, 0.15) is 17.2 Å². The third-order valence-electron chi connectivity index (χ3n) is 8.29. The molecule has 50 heavy (non-hydrogen) atoms. The molecule has 2 amide bonds. The van der Waals surface area contributed by atoms with Crippen molar-refractivity contribution in [2.75, 3.05) is 31.5 Å². The van der Waals surface area contributed by atoms with E-state index in [2.05, 4.69) is 27.3 Å². The molecule has 262 valence electrons. The van der Waals surface area contributed by atoms with Gasteiger partial charge in [-0.15, -0.1) is 17.0 Å². The van der Waals surface area contributed by atoms with Gasteiger partial charge in [-0.3, -0.25) is 14.5 Å². The summed E-state index contributed by atoms with van der Waals surface area (Å²) >= 11 is 0. The number of nitrogens with zero attached hydrogens (tertiary/aromatic N) is 4. The van der Waals surface area contributed by atoms with Gasteiger partial charge in [-0.2, -0.15) is 13.2 Å². The third-order valence-corrected chi connectivity index (χ3v) is 8.29. The predicted molar refractivity (Wildman–Crippen MR) is 190 cm³/mol. The van der Waals surface area contributed by atoms with Gasteiger partial charge in [0.25, 0.3) is 11.8 Å². The lowest BCUT2D eigenvalue weighted by atomic mass is 10.1. The highest BCUT2D eigenvalue weighted by molar-refractivity contribution is 8.93. The van der Waals surface area contributed by atoms with E-state index in [4.69, 9.17) is 9.47 Å². The first-order valence-corrected chi connectivity index (χ1v) is 15.9. The van der Waals surface area contributed by atoms with Gasteiger partial charge in [0.05, 0.1) is 29.1 Å². The highest BCUT2D eigenvalue weighted by Gasteiger charge is 2.30. The largest absolute Gasteiger partial charge is 0.491 e. The fourth-order valence-corrected chi connectivity index (χ4v) is 5.70.